The molecule has 1 saturated carbocycles. The van der Waals surface area contributed by atoms with Gasteiger partial charge in [0.25, 0.3) is 0 Å². The number of likely N-dealkylation sites (N-methyl/N-ethyl adjacent to an activating group) is 1. The first-order valence-electron chi connectivity index (χ1n) is 6.13. The van der Waals surface area contributed by atoms with E-state index < -0.39 is 0 Å². The number of rotatable bonds is 6. The summed E-state index contributed by atoms with van der Waals surface area (Å²) in [6.45, 7) is 4.88. The van der Waals surface area contributed by atoms with Crippen molar-refractivity contribution >= 4 is 0 Å². The Morgan fingerprint density at radius 3 is 2.67 bits per heavy atom. The van der Waals surface area contributed by atoms with Crippen LogP contribution in [0.25, 0.3) is 0 Å². The molecule has 3 atom stereocenters. The molecule has 1 aliphatic rings. The maximum absolute atomic E-state index is 9.66. The van der Waals surface area contributed by atoms with E-state index in [1.165, 1.54) is 19.3 Å². The average molecular weight is 214 g/mol. The highest BCUT2D eigenvalue weighted by Crippen LogP contribution is 2.30. The monoisotopic (exact) mass is 214 g/mol. The standard InChI is InChI=1S/C12H26N2O/c1-10-5-4-6-11(10)7-13-8-12(15)9-14(2)3/h10-13,15H,4-9H2,1-3H3. The minimum atomic E-state index is -0.239. The fraction of sp³-hybridized carbons (Fsp3) is 1.00. The van der Waals surface area contributed by atoms with Gasteiger partial charge in [-0.15, -0.1) is 0 Å². The summed E-state index contributed by atoms with van der Waals surface area (Å²) >= 11 is 0. The summed E-state index contributed by atoms with van der Waals surface area (Å²) in [5.41, 5.74) is 0. The summed E-state index contributed by atoms with van der Waals surface area (Å²) in [6.07, 6.45) is 3.88. The Balaban J connectivity index is 2.05. The first-order valence-corrected chi connectivity index (χ1v) is 6.13. The van der Waals surface area contributed by atoms with Crippen molar-refractivity contribution in [3.05, 3.63) is 0 Å². The van der Waals surface area contributed by atoms with E-state index >= 15 is 0 Å². The minimum absolute atomic E-state index is 0.239. The lowest BCUT2D eigenvalue weighted by atomic mass is 9.98. The summed E-state index contributed by atoms with van der Waals surface area (Å²) in [6, 6.07) is 0. The molecule has 90 valence electrons. The normalized spacial score (nSPS) is 28.6. The molecule has 3 unspecified atom stereocenters. The molecule has 1 aliphatic carbocycles. The van der Waals surface area contributed by atoms with Gasteiger partial charge >= 0.3 is 0 Å². The molecule has 0 aliphatic heterocycles. The Bertz CT molecular complexity index is 173. The van der Waals surface area contributed by atoms with Crippen LogP contribution in [0.2, 0.25) is 0 Å². The minimum Gasteiger partial charge on any atom is -0.390 e. The van der Waals surface area contributed by atoms with Gasteiger partial charge in [0.2, 0.25) is 0 Å². The van der Waals surface area contributed by atoms with Crippen LogP contribution in [-0.2, 0) is 0 Å². The lowest BCUT2D eigenvalue weighted by Gasteiger charge is -2.19. The molecule has 3 heteroatoms. The molecular weight excluding hydrogens is 188 g/mol. The largest absolute Gasteiger partial charge is 0.390 e. The Kier molecular flexibility index (Phi) is 5.58. The van der Waals surface area contributed by atoms with Crippen molar-refractivity contribution in [2.24, 2.45) is 11.8 Å². The first kappa shape index (κ1) is 12.9. The molecule has 0 saturated heterocycles. The smallest absolute Gasteiger partial charge is 0.0791 e. The van der Waals surface area contributed by atoms with Crippen molar-refractivity contribution in [1.29, 1.82) is 0 Å². The van der Waals surface area contributed by atoms with Crippen LogP contribution in [0.1, 0.15) is 26.2 Å². The molecule has 0 aromatic rings. The van der Waals surface area contributed by atoms with E-state index in [2.05, 4.69) is 12.2 Å². The second kappa shape index (κ2) is 6.46. The summed E-state index contributed by atoms with van der Waals surface area (Å²) in [5.74, 6) is 1.69. The van der Waals surface area contributed by atoms with E-state index in [9.17, 15) is 5.11 Å². The molecule has 0 spiro atoms. The molecule has 2 N–H and O–H groups in total. The van der Waals surface area contributed by atoms with E-state index in [0.29, 0.717) is 0 Å². The van der Waals surface area contributed by atoms with E-state index in [-0.39, 0.29) is 6.10 Å². The lowest BCUT2D eigenvalue weighted by molar-refractivity contribution is 0.133. The van der Waals surface area contributed by atoms with E-state index in [0.717, 1.165) is 31.5 Å². The van der Waals surface area contributed by atoms with Gasteiger partial charge in [-0.2, -0.15) is 0 Å². The maximum atomic E-state index is 9.66. The maximum Gasteiger partial charge on any atom is 0.0791 e. The second-order valence-electron chi connectivity index (χ2n) is 5.24. The van der Waals surface area contributed by atoms with Crippen molar-refractivity contribution in [3.63, 3.8) is 0 Å². The van der Waals surface area contributed by atoms with Gasteiger partial charge in [0.1, 0.15) is 0 Å². The predicted molar refractivity (Wildman–Crippen MR) is 63.9 cm³/mol. The van der Waals surface area contributed by atoms with Crippen LogP contribution in [0, 0.1) is 11.8 Å². The Labute approximate surface area is 93.9 Å². The van der Waals surface area contributed by atoms with Crippen LogP contribution in [0.5, 0.6) is 0 Å². The third kappa shape index (κ3) is 4.96. The van der Waals surface area contributed by atoms with Crippen molar-refractivity contribution in [3.8, 4) is 0 Å². The second-order valence-corrected chi connectivity index (χ2v) is 5.24. The van der Waals surface area contributed by atoms with Gasteiger partial charge < -0.3 is 15.3 Å². The van der Waals surface area contributed by atoms with Crippen molar-refractivity contribution in [1.82, 2.24) is 10.2 Å². The van der Waals surface area contributed by atoms with Crippen LogP contribution < -0.4 is 5.32 Å². The Hall–Kier alpha value is -0.120. The van der Waals surface area contributed by atoms with E-state index in [1.807, 2.05) is 19.0 Å². The Morgan fingerprint density at radius 2 is 2.13 bits per heavy atom. The summed E-state index contributed by atoms with van der Waals surface area (Å²) in [5, 5.41) is 13.0. The molecule has 0 aromatic heterocycles. The van der Waals surface area contributed by atoms with Crippen LogP contribution in [0.15, 0.2) is 0 Å². The molecule has 1 fully saturated rings. The zero-order valence-electron chi connectivity index (χ0n) is 10.4. The molecule has 1 rings (SSSR count). The zero-order valence-corrected chi connectivity index (χ0v) is 10.4. The highest BCUT2D eigenvalue weighted by Gasteiger charge is 2.22. The van der Waals surface area contributed by atoms with Gasteiger partial charge in [-0.25, -0.2) is 0 Å². The zero-order chi connectivity index (χ0) is 11.3. The van der Waals surface area contributed by atoms with Crippen LogP contribution in [-0.4, -0.2) is 49.8 Å². The topological polar surface area (TPSA) is 35.5 Å². The molecule has 3 nitrogen and oxygen atoms in total. The number of aliphatic hydroxyl groups is 1. The van der Waals surface area contributed by atoms with Crippen LogP contribution >= 0.6 is 0 Å². The van der Waals surface area contributed by atoms with Gasteiger partial charge in [-0.05, 0) is 38.9 Å². The summed E-state index contributed by atoms with van der Waals surface area (Å²) < 4.78 is 0. The van der Waals surface area contributed by atoms with Gasteiger partial charge in [0.05, 0.1) is 6.10 Å². The molecule has 0 amide bonds. The SMILES string of the molecule is CC1CCCC1CNCC(O)CN(C)C. The molecule has 15 heavy (non-hydrogen) atoms. The fourth-order valence-corrected chi connectivity index (χ4v) is 2.45. The van der Waals surface area contributed by atoms with Crippen molar-refractivity contribution in [2.45, 2.75) is 32.3 Å². The molecule has 0 aromatic carbocycles. The van der Waals surface area contributed by atoms with Crippen molar-refractivity contribution in [2.75, 3.05) is 33.7 Å². The van der Waals surface area contributed by atoms with Crippen LogP contribution in [0.4, 0.5) is 0 Å². The number of nitrogens with zero attached hydrogens (tertiary/aromatic N) is 1. The summed E-state index contributed by atoms with van der Waals surface area (Å²) in [4.78, 5) is 2.02. The number of aliphatic hydroxyl groups excluding tert-OH is 1. The number of nitrogens with one attached hydrogen (secondary N) is 1. The van der Waals surface area contributed by atoms with E-state index in [1.54, 1.807) is 0 Å². The predicted octanol–water partition coefficient (Wildman–Crippen LogP) is 0.935. The molecular formula is C12H26N2O. The quantitative estimate of drug-likeness (QED) is 0.690. The molecule has 0 bridgehead atoms. The van der Waals surface area contributed by atoms with E-state index in [4.69, 9.17) is 0 Å². The van der Waals surface area contributed by atoms with Crippen LogP contribution in [0.3, 0.4) is 0 Å². The third-order valence-electron chi connectivity index (χ3n) is 3.40. The molecule has 0 heterocycles. The number of hydrogen-bond donors (Lipinski definition) is 2. The van der Waals surface area contributed by atoms with Gasteiger partial charge in [0.15, 0.2) is 0 Å². The van der Waals surface area contributed by atoms with Gasteiger partial charge in [-0.3, -0.25) is 0 Å². The average Bonchev–Trinajstić information content (AvgIpc) is 2.50. The fourth-order valence-electron chi connectivity index (χ4n) is 2.45. The molecule has 0 radical (unpaired) electrons. The van der Waals surface area contributed by atoms with Crippen molar-refractivity contribution < 1.29 is 5.11 Å². The highest BCUT2D eigenvalue weighted by atomic mass is 16.3. The Morgan fingerprint density at radius 1 is 1.40 bits per heavy atom. The van der Waals surface area contributed by atoms with Gasteiger partial charge in [-0.1, -0.05) is 19.8 Å². The highest BCUT2D eigenvalue weighted by molar-refractivity contribution is 4.76. The third-order valence-corrected chi connectivity index (χ3v) is 3.40. The van der Waals surface area contributed by atoms with Gasteiger partial charge in [0, 0.05) is 13.1 Å². The first-order chi connectivity index (χ1) is 7.09. The lowest BCUT2D eigenvalue weighted by Crippen LogP contribution is -2.37. The summed E-state index contributed by atoms with van der Waals surface area (Å²) in [7, 11) is 3.98. The number of hydrogen-bond acceptors (Lipinski definition) is 3.